The molecule has 174 valence electrons. The van der Waals surface area contributed by atoms with E-state index in [0.717, 1.165) is 34.9 Å². The minimum Gasteiger partial charge on any atom is -0.454 e. The van der Waals surface area contributed by atoms with Crippen LogP contribution in [0.15, 0.2) is 84.0 Å². The zero-order chi connectivity index (χ0) is 23.8. The van der Waals surface area contributed by atoms with Crippen molar-refractivity contribution < 1.29 is 19.1 Å². The van der Waals surface area contributed by atoms with E-state index in [1.165, 1.54) is 0 Å². The highest BCUT2D eigenvalue weighted by Gasteiger charge is 2.19. The van der Waals surface area contributed by atoms with Gasteiger partial charge in [0.1, 0.15) is 0 Å². The maximum Gasteiger partial charge on any atom is 0.240 e. The Labute approximate surface area is 199 Å². The number of hydrogen-bond acceptors (Lipinski definition) is 5. The van der Waals surface area contributed by atoms with Crippen molar-refractivity contribution in [1.82, 2.24) is 5.43 Å². The molecule has 0 radical (unpaired) electrons. The lowest BCUT2D eigenvalue weighted by Gasteiger charge is -2.23. The minimum absolute atomic E-state index is 0.0445. The molecule has 0 bridgehead atoms. The number of fused-ring (bicyclic) bond motifs is 1. The largest absolute Gasteiger partial charge is 0.454 e. The van der Waals surface area contributed by atoms with E-state index in [-0.39, 0.29) is 37.4 Å². The number of ether oxygens (including phenoxy) is 2. The summed E-state index contributed by atoms with van der Waals surface area (Å²) < 4.78 is 10.7. The number of anilines is 2. The van der Waals surface area contributed by atoms with Crippen LogP contribution in [-0.2, 0) is 16.0 Å². The fourth-order valence-corrected chi connectivity index (χ4v) is 3.71. The Kier molecular flexibility index (Phi) is 7.55. The van der Waals surface area contributed by atoms with Gasteiger partial charge in [-0.25, -0.2) is 5.43 Å². The monoisotopic (exact) mass is 457 g/mol. The molecule has 2 amide bonds. The second kappa shape index (κ2) is 11.1. The molecule has 1 atom stereocenters. The SMILES string of the molecule is C[C@@H](/C=N\NC(=O)CCC(=O)N(c1ccccc1)c1ccccc1)Cc1ccc2c(c1)OCO2. The van der Waals surface area contributed by atoms with Crippen LogP contribution in [0.2, 0.25) is 0 Å². The van der Waals surface area contributed by atoms with Crippen LogP contribution in [0.4, 0.5) is 11.4 Å². The zero-order valence-corrected chi connectivity index (χ0v) is 19.0. The molecule has 3 aromatic rings. The molecule has 0 fully saturated rings. The van der Waals surface area contributed by atoms with Gasteiger partial charge >= 0.3 is 0 Å². The smallest absolute Gasteiger partial charge is 0.240 e. The summed E-state index contributed by atoms with van der Waals surface area (Å²) in [4.78, 5) is 26.9. The van der Waals surface area contributed by atoms with E-state index in [2.05, 4.69) is 10.5 Å². The number of carbonyl (C=O) groups excluding carboxylic acids is 2. The number of carbonyl (C=O) groups is 2. The van der Waals surface area contributed by atoms with Gasteiger partial charge in [0.25, 0.3) is 0 Å². The van der Waals surface area contributed by atoms with E-state index in [4.69, 9.17) is 9.47 Å². The first kappa shape index (κ1) is 23.0. The first-order chi connectivity index (χ1) is 16.6. The Morgan fingerprint density at radius 2 is 1.59 bits per heavy atom. The summed E-state index contributed by atoms with van der Waals surface area (Å²) in [6.45, 7) is 2.26. The third-order valence-electron chi connectivity index (χ3n) is 5.36. The number of para-hydroxylation sites is 2. The van der Waals surface area contributed by atoms with E-state index in [9.17, 15) is 9.59 Å². The van der Waals surface area contributed by atoms with E-state index in [1.807, 2.05) is 85.8 Å². The first-order valence-corrected chi connectivity index (χ1v) is 11.2. The molecule has 0 aromatic heterocycles. The molecule has 1 heterocycles. The second-order valence-corrected chi connectivity index (χ2v) is 8.08. The van der Waals surface area contributed by atoms with Crippen LogP contribution >= 0.6 is 0 Å². The lowest BCUT2D eigenvalue weighted by atomic mass is 10.0. The summed E-state index contributed by atoms with van der Waals surface area (Å²) in [5.41, 5.74) is 5.15. The number of hydrazone groups is 1. The van der Waals surface area contributed by atoms with Crippen LogP contribution in [0.3, 0.4) is 0 Å². The summed E-state index contributed by atoms with van der Waals surface area (Å²) >= 11 is 0. The number of hydrogen-bond donors (Lipinski definition) is 1. The first-order valence-electron chi connectivity index (χ1n) is 11.2. The van der Waals surface area contributed by atoms with Gasteiger partial charge in [-0.15, -0.1) is 0 Å². The predicted molar refractivity (Wildman–Crippen MR) is 131 cm³/mol. The molecular formula is C27H27N3O4. The van der Waals surface area contributed by atoms with Crippen molar-refractivity contribution in [1.29, 1.82) is 0 Å². The van der Waals surface area contributed by atoms with Crippen LogP contribution in [0.25, 0.3) is 0 Å². The molecule has 7 heteroatoms. The standard InChI is InChI=1S/C27H27N3O4/c1-20(16-21-12-13-24-25(17-21)34-19-33-24)18-28-29-26(31)14-15-27(32)30(22-8-4-2-5-9-22)23-10-6-3-7-11-23/h2-13,17-18,20H,14-16,19H2,1H3,(H,29,31)/b28-18-/t20-/m1/s1. The normalized spacial score (nSPS) is 13.0. The molecule has 7 nitrogen and oxygen atoms in total. The average molecular weight is 458 g/mol. The predicted octanol–water partition coefficient (Wildman–Crippen LogP) is 4.84. The van der Waals surface area contributed by atoms with E-state index in [0.29, 0.717) is 0 Å². The molecule has 34 heavy (non-hydrogen) atoms. The van der Waals surface area contributed by atoms with Crippen LogP contribution in [0.1, 0.15) is 25.3 Å². The fraction of sp³-hybridized carbons (Fsp3) is 0.222. The highest BCUT2D eigenvalue weighted by Crippen LogP contribution is 2.33. The Balaban J connectivity index is 1.28. The van der Waals surface area contributed by atoms with Gasteiger partial charge in [0.15, 0.2) is 11.5 Å². The number of nitrogens with one attached hydrogen (secondary N) is 1. The van der Waals surface area contributed by atoms with Crippen molar-refractivity contribution in [2.45, 2.75) is 26.2 Å². The maximum atomic E-state index is 13.0. The van der Waals surface area contributed by atoms with E-state index in [1.54, 1.807) is 11.1 Å². The Morgan fingerprint density at radius 3 is 2.26 bits per heavy atom. The Bertz CT molecular complexity index is 1110. The number of nitrogens with zero attached hydrogens (tertiary/aromatic N) is 2. The molecule has 1 N–H and O–H groups in total. The topological polar surface area (TPSA) is 80.2 Å². The molecule has 0 spiro atoms. The average Bonchev–Trinajstić information content (AvgIpc) is 3.32. The van der Waals surface area contributed by atoms with Crippen molar-refractivity contribution in [3.63, 3.8) is 0 Å². The van der Waals surface area contributed by atoms with Gasteiger partial charge in [0.05, 0.1) is 0 Å². The summed E-state index contributed by atoms with van der Waals surface area (Å²) in [5.74, 6) is 1.15. The molecule has 1 aliphatic heterocycles. The van der Waals surface area contributed by atoms with Crippen molar-refractivity contribution in [3.05, 3.63) is 84.4 Å². The van der Waals surface area contributed by atoms with Crippen LogP contribution in [-0.4, -0.2) is 24.8 Å². The lowest BCUT2D eigenvalue weighted by Crippen LogP contribution is -2.28. The van der Waals surface area contributed by atoms with Crippen molar-refractivity contribution in [3.8, 4) is 11.5 Å². The van der Waals surface area contributed by atoms with Gasteiger partial charge in [-0.05, 0) is 54.3 Å². The van der Waals surface area contributed by atoms with Crippen LogP contribution in [0.5, 0.6) is 11.5 Å². The zero-order valence-electron chi connectivity index (χ0n) is 19.0. The Morgan fingerprint density at radius 1 is 0.941 bits per heavy atom. The van der Waals surface area contributed by atoms with Gasteiger partial charge in [-0.1, -0.05) is 49.4 Å². The minimum atomic E-state index is -0.305. The Hall–Kier alpha value is -4.13. The molecule has 0 unspecified atom stereocenters. The van der Waals surface area contributed by atoms with E-state index < -0.39 is 0 Å². The molecule has 0 saturated carbocycles. The summed E-state index contributed by atoms with van der Waals surface area (Å²) in [6.07, 6.45) is 2.56. The third kappa shape index (κ3) is 6.01. The molecule has 4 rings (SSSR count). The lowest BCUT2D eigenvalue weighted by molar-refractivity contribution is -0.124. The highest BCUT2D eigenvalue weighted by molar-refractivity contribution is 6.01. The molecule has 0 saturated heterocycles. The summed E-state index contributed by atoms with van der Waals surface area (Å²) in [6, 6.07) is 24.7. The number of amides is 2. The van der Waals surface area contributed by atoms with E-state index >= 15 is 0 Å². The molecule has 0 aliphatic carbocycles. The van der Waals surface area contributed by atoms with Gasteiger partial charge in [-0.2, -0.15) is 5.10 Å². The van der Waals surface area contributed by atoms with Crippen LogP contribution < -0.4 is 19.8 Å². The van der Waals surface area contributed by atoms with Gasteiger partial charge < -0.3 is 9.47 Å². The van der Waals surface area contributed by atoms with Gasteiger partial charge in [0, 0.05) is 30.4 Å². The number of benzene rings is 3. The number of rotatable bonds is 9. The van der Waals surface area contributed by atoms with Crippen molar-refractivity contribution in [2.24, 2.45) is 11.0 Å². The maximum absolute atomic E-state index is 13.0. The molecule has 1 aliphatic rings. The molecule has 3 aromatic carbocycles. The van der Waals surface area contributed by atoms with Crippen LogP contribution in [0, 0.1) is 5.92 Å². The highest BCUT2D eigenvalue weighted by atomic mass is 16.7. The van der Waals surface area contributed by atoms with Crippen molar-refractivity contribution in [2.75, 3.05) is 11.7 Å². The fourth-order valence-electron chi connectivity index (χ4n) is 3.71. The van der Waals surface area contributed by atoms with Crippen molar-refractivity contribution >= 4 is 29.4 Å². The quantitative estimate of drug-likeness (QED) is 0.368. The summed E-state index contributed by atoms with van der Waals surface area (Å²) in [7, 11) is 0. The second-order valence-electron chi connectivity index (χ2n) is 8.08. The molecular weight excluding hydrogens is 430 g/mol. The summed E-state index contributed by atoms with van der Waals surface area (Å²) in [5, 5.41) is 4.07. The van der Waals surface area contributed by atoms with Gasteiger partial charge in [0.2, 0.25) is 18.6 Å². The van der Waals surface area contributed by atoms with Gasteiger partial charge in [-0.3, -0.25) is 14.5 Å². The third-order valence-corrected chi connectivity index (χ3v) is 5.36.